The Balaban J connectivity index is 1.47. The number of benzene rings is 2. The van der Waals surface area contributed by atoms with Crippen molar-refractivity contribution in [2.24, 2.45) is 7.05 Å². The van der Waals surface area contributed by atoms with E-state index in [0.29, 0.717) is 16.9 Å². The number of rotatable bonds is 6. The van der Waals surface area contributed by atoms with E-state index in [9.17, 15) is 14.4 Å². The van der Waals surface area contributed by atoms with Gasteiger partial charge in [0, 0.05) is 12.6 Å². The lowest BCUT2D eigenvalue weighted by Crippen LogP contribution is -2.23. The van der Waals surface area contributed by atoms with E-state index < -0.39 is 11.5 Å². The Morgan fingerprint density at radius 3 is 2.34 bits per heavy atom. The van der Waals surface area contributed by atoms with Crippen LogP contribution in [-0.4, -0.2) is 36.2 Å². The minimum absolute atomic E-state index is 0.0472. The highest BCUT2D eigenvalue weighted by molar-refractivity contribution is 7.99. The van der Waals surface area contributed by atoms with E-state index in [4.69, 9.17) is 0 Å². The number of hydrogen-bond acceptors (Lipinski definition) is 6. The fourth-order valence-corrected chi connectivity index (χ4v) is 3.80. The molecular weight excluding hydrogens is 428 g/mol. The lowest BCUT2D eigenvalue weighted by molar-refractivity contribution is -0.113. The van der Waals surface area contributed by atoms with Gasteiger partial charge in [0.25, 0.3) is 11.1 Å². The van der Waals surface area contributed by atoms with Gasteiger partial charge in [-0.15, -0.1) is 10.2 Å². The number of hydrogen-bond donors (Lipinski definition) is 2. The lowest BCUT2D eigenvalue weighted by atomic mass is 10.2. The van der Waals surface area contributed by atoms with Crippen LogP contribution in [0.2, 0.25) is 0 Å². The zero-order chi connectivity index (χ0) is 22.7. The maximum atomic E-state index is 12.9. The predicted octanol–water partition coefficient (Wildman–Crippen LogP) is 2.36. The number of nitrogens with zero attached hydrogens (tertiary/aromatic N) is 4. The molecule has 1 amide bonds. The van der Waals surface area contributed by atoms with Gasteiger partial charge in [0.2, 0.25) is 5.91 Å². The van der Waals surface area contributed by atoms with Crippen LogP contribution in [0.1, 0.15) is 5.69 Å². The standard InChI is InChI=1S/C22H20N6O3S/c1-14-18(21(31)28(27(14)2)16-11-7-4-8-12-16)23-17(29)13-32-22-24-20(30)19(25-26-22)15-9-5-3-6-10-15/h3-12H,13H2,1-2H3,(H,23,29)(H,24,26,30). The Kier molecular flexibility index (Phi) is 6.04. The van der Waals surface area contributed by atoms with Crippen molar-refractivity contribution >= 4 is 23.4 Å². The summed E-state index contributed by atoms with van der Waals surface area (Å²) >= 11 is 1.03. The minimum atomic E-state index is -0.393. The first kappa shape index (κ1) is 21.3. The van der Waals surface area contributed by atoms with Gasteiger partial charge in [-0.25, -0.2) is 4.68 Å². The molecule has 0 bridgehead atoms. The highest BCUT2D eigenvalue weighted by Gasteiger charge is 2.18. The quantitative estimate of drug-likeness (QED) is 0.438. The van der Waals surface area contributed by atoms with Crippen LogP contribution >= 0.6 is 11.8 Å². The smallest absolute Gasteiger partial charge is 0.295 e. The first-order valence-electron chi connectivity index (χ1n) is 9.75. The summed E-state index contributed by atoms with van der Waals surface area (Å²) in [6, 6.07) is 18.2. The van der Waals surface area contributed by atoms with E-state index in [1.807, 2.05) is 36.4 Å². The summed E-state index contributed by atoms with van der Waals surface area (Å²) in [4.78, 5) is 40.3. The zero-order valence-corrected chi connectivity index (χ0v) is 18.2. The molecule has 10 heteroatoms. The van der Waals surface area contributed by atoms with Crippen LogP contribution < -0.4 is 16.4 Å². The van der Waals surface area contributed by atoms with Gasteiger partial charge >= 0.3 is 0 Å². The molecule has 32 heavy (non-hydrogen) atoms. The summed E-state index contributed by atoms with van der Waals surface area (Å²) in [5.74, 6) is -0.440. The van der Waals surface area contributed by atoms with E-state index in [1.165, 1.54) is 4.68 Å². The number of aromatic amines is 1. The van der Waals surface area contributed by atoms with Crippen molar-refractivity contribution in [3.8, 4) is 16.9 Å². The van der Waals surface area contributed by atoms with Crippen LogP contribution in [0.4, 0.5) is 5.69 Å². The summed E-state index contributed by atoms with van der Waals surface area (Å²) in [6.45, 7) is 1.76. The maximum Gasteiger partial charge on any atom is 0.295 e. The molecule has 2 aromatic heterocycles. The van der Waals surface area contributed by atoms with Gasteiger partial charge in [-0.3, -0.25) is 24.0 Å². The molecule has 162 valence electrons. The SMILES string of the molecule is Cc1c(NC(=O)CSc2nnc(-c3ccccc3)c(=O)[nH]2)c(=O)n(-c2ccccc2)n1C. The van der Waals surface area contributed by atoms with Crippen LogP contribution in [0.5, 0.6) is 0 Å². The minimum Gasteiger partial charge on any atom is -0.319 e. The van der Waals surface area contributed by atoms with Gasteiger partial charge in [0.1, 0.15) is 5.69 Å². The number of anilines is 1. The van der Waals surface area contributed by atoms with E-state index in [0.717, 1.165) is 11.8 Å². The molecule has 0 aliphatic carbocycles. The number of carbonyl (C=O) groups excluding carboxylic acids is 1. The van der Waals surface area contributed by atoms with E-state index in [1.54, 1.807) is 42.9 Å². The van der Waals surface area contributed by atoms with Crippen LogP contribution in [-0.2, 0) is 11.8 Å². The van der Waals surface area contributed by atoms with Crippen molar-refractivity contribution in [3.05, 3.63) is 87.1 Å². The van der Waals surface area contributed by atoms with Crippen LogP contribution in [0.25, 0.3) is 16.9 Å². The average molecular weight is 449 g/mol. The molecule has 0 aliphatic heterocycles. The van der Waals surface area contributed by atoms with Crippen LogP contribution in [0, 0.1) is 6.92 Å². The van der Waals surface area contributed by atoms with Crippen molar-refractivity contribution in [2.75, 3.05) is 11.1 Å². The van der Waals surface area contributed by atoms with Crippen molar-refractivity contribution in [1.29, 1.82) is 0 Å². The molecule has 0 unspecified atom stereocenters. The molecule has 0 atom stereocenters. The summed E-state index contributed by atoms with van der Waals surface area (Å²) in [5.41, 5.74) is 1.68. The second-order valence-electron chi connectivity index (χ2n) is 6.95. The molecule has 0 fully saturated rings. The summed E-state index contributed by atoms with van der Waals surface area (Å²) in [5, 5.41) is 10.9. The monoisotopic (exact) mass is 448 g/mol. The third kappa shape index (κ3) is 4.26. The molecule has 0 saturated heterocycles. The summed E-state index contributed by atoms with van der Waals surface area (Å²) < 4.78 is 3.18. The molecule has 0 saturated carbocycles. The predicted molar refractivity (Wildman–Crippen MR) is 123 cm³/mol. The van der Waals surface area contributed by atoms with Crippen molar-refractivity contribution in [1.82, 2.24) is 24.5 Å². The Labute approximate surface area is 187 Å². The topological polar surface area (TPSA) is 115 Å². The highest BCUT2D eigenvalue weighted by atomic mass is 32.2. The van der Waals surface area contributed by atoms with Gasteiger partial charge in [-0.1, -0.05) is 60.3 Å². The van der Waals surface area contributed by atoms with Crippen LogP contribution in [0.15, 0.2) is 75.4 Å². The Morgan fingerprint density at radius 2 is 1.69 bits per heavy atom. The fourth-order valence-electron chi connectivity index (χ4n) is 3.19. The fraction of sp³-hybridized carbons (Fsp3) is 0.136. The molecule has 4 aromatic rings. The number of nitrogens with one attached hydrogen (secondary N) is 2. The number of carbonyl (C=O) groups is 1. The van der Waals surface area contributed by atoms with Gasteiger partial charge in [-0.2, -0.15) is 0 Å². The number of amides is 1. The zero-order valence-electron chi connectivity index (χ0n) is 17.4. The number of H-pyrrole nitrogens is 1. The highest BCUT2D eigenvalue weighted by Crippen LogP contribution is 2.17. The Morgan fingerprint density at radius 1 is 1.03 bits per heavy atom. The third-order valence-electron chi connectivity index (χ3n) is 4.88. The largest absolute Gasteiger partial charge is 0.319 e. The first-order chi connectivity index (χ1) is 15.5. The molecule has 2 heterocycles. The van der Waals surface area contributed by atoms with E-state index in [2.05, 4.69) is 20.5 Å². The molecule has 0 spiro atoms. The summed E-state index contributed by atoms with van der Waals surface area (Å²) in [7, 11) is 1.75. The second kappa shape index (κ2) is 9.06. The van der Waals surface area contributed by atoms with Crippen molar-refractivity contribution < 1.29 is 4.79 Å². The maximum absolute atomic E-state index is 12.9. The van der Waals surface area contributed by atoms with Crippen molar-refractivity contribution in [3.63, 3.8) is 0 Å². The van der Waals surface area contributed by atoms with Crippen LogP contribution in [0.3, 0.4) is 0 Å². The van der Waals surface area contributed by atoms with Gasteiger partial charge in [0.05, 0.1) is 17.1 Å². The number of para-hydroxylation sites is 1. The second-order valence-corrected chi connectivity index (χ2v) is 7.91. The molecular formula is C22H20N6O3S. The molecule has 0 radical (unpaired) electrons. The first-order valence-corrected chi connectivity index (χ1v) is 10.7. The van der Waals surface area contributed by atoms with Gasteiger partial charge in [-0.05, 0) is 19.1 Å². The van der Waals surface area contributed by atoms with Gasteiger partial charge < -0.3 is 5.32 Å². The Hall–Kier alpha value is -3.92. The molecule has 0 aliphatic rings. The lowest BCUT2D eigenvalue weighted by Gasteiger charge is -2.07. The third-order valence-corrected chi connectivity index (χ3v) is 5.75. The number of aromatic nitrogens is 5. The molecule has 4 rings (SSSR count). The normalized spacial score (nSPS) is 10.8. The van der Waals surface area contributed by atoms with E-state index in [-0.39, 0.29) is 27.8 Å². The molecule has 9 nitrogen and oxygen atoms in total. The van der Waals surface area contributed by atoms with Crippen molar-refractivity contribution in [2.45, 2.75) is 12.1 Å². The average Bonchev–Trinajstić information content (AvgIpc) is 3.02. The summed E-state index contributed by atoms with van der Waals surface area (Å²) in [6.07, 6.45) is 0. The molecule has 2 aromatic carbocycles. The van der Waals surface area contributed by atoms with Gasteiger partial charge in [0.15, 0.2) is 10.9 Å². The van der Waals surface area contributed by atoms with E-state index >= 15 is 0 Å². The number of thioether (sulfide) groups is 1. The Bertz CT molecular complexity index is 1380. The molecule has 2 N–H and O–H groups in total.